The highest BCUT2D eigenvalue weighted by Crippen LogP contribution is 2.17. The van der Waals surface area contributed by atoms with Gasteiger partial charge in [-0.15, -0.1) is 0 Å². The molecule has 0 aliphatic rings. The van der Waals surface area contributed by atoms with Gasteiger partial charge in [0.1, 0.15) is 5.82 Å². The maximum Gasteiger partial charge on any atom is 0.257 e. The molecule has 0 radical (unpaired) electrons. The molecule has 0 aliphatic carbocycles. The van der Waals surface area contributed by atoms with Gasteiger partial charge in [0, 0.05) is 18.1 Å². The van der Waals surface area contributed by atoms with Gasteiger partial charge in [-0.05, 0) is 36.8 Å². The fourth-order valence-electron chi connectivity index (χ4n) is 1.80. The normalized spacial score (nSPS) is 9.67. The summed E-state index contributed by atoms with van der Waals surface area (Å²) in [6, 6.07) is 5.76. The second-order valence-corrected chi connectivity index (χ2v) is 4.34. The maximum absolute atomic E-state index is 13.1. The number of hydrogen-bond acceptors (Lipinski definition) is 3. The third-order valence-corrected chi connectivity index (χ3v) is 2.83. The van der Waals surface area contributed by atoms with Crippen LogP contribution in [0.3, 0.4) is 0 Å². The minimum absolute atomic E-state index is 0.201. The molecule has 2 aromatic rings. The maximum atomic E-state index is 13.1. The Morgan fingerprint density at radius 2 is 2.24 bits per heavy atom. The first-order valence-electron chi connectivity index (χ1n) is 6.32. The number of carbonyl (C=O) groups is 1. The molecule has 0 saturated heterocycles. The van der Waals surface area contributed by atoms with Gasteiger partial charge in [0.15, 0.2) is 0 Å². The summed E-state index contributed by atoms with van der Waals surface area (Å²) in [5.74, 6) is 4.83. The molecule has 3 N–H and O–H groups in total. The predicted molar refractivity (Wildman–Crippen MR) is 79.3 cm³/mol. The van der Waals surface area contributed by atoms with Crippen LogP contribution in [0, 0.1) is 24.6 Å². The summed E-state index contributed by atoms with van der Waals surface area (Å²) in [7, 11) is 0. The number of amides is 1. The average Bonchev–Trinajstić information content (AvgIpc) is 2.48. The first-order valence-corrected chi connectivity index (χ1v) is 6.32. The van der Waals surface area contributed by atoms with Gasteiger partial charge >= 0.3 is 0 Å². The molecule has 1 aromatic carbocycles. The molecule has 0 saturated carbocycles. The fraction of sp³-hybridized carbons (Fsp3) is 0.125. The van der Waals surface area contributed by atoms with Crippen molar-refractivity contribution in [3.63, 3.8) is 0 Å². The Morgan fingerprint density at radius 3 is 2.95 bits per heavy atom. The van der Waals surface area contributed by atoms with E-state index >= 15 is 0 Å². The Bertz CT molecular complexity index is 732. The van der Waals surface area contributed by atoms with Crippen molar-refractivity contribution in [1.82, 2.24) is 4.98 Å². The van der Waals surface area contributed by atoms with E-state index < -0.39 is 0 Å². The van der Waals surface area contributed by atoms with E-state index in [0.29, 0.717) is 22.4 Å². The summed E-state index contributed by atoms with van der Waals surface area (Å²) in [6.45, 7) is 1.92. The molecule has 0 atom stereocenters. The number of halogens is 1. The molecular weight excluding hydrogens is 269 g/mol. The lowest BCUT2D eigenvalue weighted by molar-refractivity contribution is 0.102. The molecule has 0 unspecified atom stereocenters. The standard InChI is InChI=1S/C16H14FN3O/c1-11-9-13(17)4-5-15(11)20-16(21)14-6-8-19-10-12(14)3-2-7-18/h4-6,8-10H,7,18H2,1H3,(H,20,21). The first-order chi connectivity index (χ1) is 10.1. The monoisotopic (exact) mass is 283 g/mol. The van der Waals surface area contributed by atoms with Crippen LogP contribution in [0.15, 0.2) is 36.7 Å². The van der Waals surface area contributed by atoms with Gasteiger partial charge in [0.25, 0.3) is 5.91 Å². The first kappa shape index (κ1) is 14.7. The molecule has 5 heteroatoms. The Hall–Kier alpha value is -2.71. The quantitative estimate of drug-likeness (QED) is 0.829. The second kappa shape index (κ2) is 6.64. The number of rotatable bonds is 2. The summed E-state index contributed by atoms with van der Waals surface area (Å²) in [6.07, 6.45) is 3.02. The number of nitrogens with zero attached hydrogens (tertiary/aromatic N) is 1. The van der Waals surface area contributed by atoms with Crippen LogP contribution < -0.4 is 11.1 Å². The third-order valence-electron chi connectivity index (χ3n) is 2.83. The minimum Gasteiger partial charge on any atom is -0.322 e. The molecule has 4 nitrogen and oxygen atoms in total. The average molecular weight is 283 g/mol. The van der Waals surface area contributed by atoms with Crippen molar-refractivity contribution in [2.24, 2.45) is 5.73 Å². The van der Waals surface area contributed by atoms with Crippen molar-refractivity contribution in [2.45, 2.75) is 6.92 Å². The van der Waals surface area contributed by atoms with Crippen LogP contribution in [-0.4, -0.2) is 17.4 Å². The lowest BCUT2D eigenvalue weighted by Crippen LogP contribution is -2.14. The molecule has 106 valence electrons. The van der Waals surface area contributed by atoms with E-state index in [1.165, 1.54) is 30.6 Å². The topological polar surface area (TPSA) is 68.0 Å². The molecule has 1 amide bonds. The molecule has 0 fully saturated rings. The van der Waals surface area contributed by atoms with Crippen LogP contribution in [0.2, 0.25) is 0 Å². The molecule has 0 spiro atoms. The smallest absolute Gasteiger partial charge is 0.257 e. The number of pyridine rings is 1. The number of nitrogens with one attached hydrogen (secondary N) is 1. The van der Waals surface area contributed by atoms with Gasteiger partial charge < -0.3 is 11.1 Å². The van der Waals surface area contributed by atoms with Crippen molar-refractivity contribution in [2.75, 3.05) is 11.9 Å². The molecule has 0 aliphatic heterocycles. The van der Waals surface area contributed by atoms with Crippen LogP contribution >= 0.6 is 0 Å². The molecule has 1 aromatic heterocycles. The van der Waals surface area contributed by atoms with Crippen LogP contribution in [0.25, 0.3) is 0 Å². The summed E-state index contributed by atoms with van der Waals surface area (Å²) in [4.78, 5) is 16.2. The zero-order valence-corrected chi connectivity index (χ0v) is 11.5. The van der Waals surface area contributed by atoms with E-state index in [1.54, 1.807) is 13.0 Å². The second-order valence-electron chi connectivity index (χ2n) is 4.34. The number of aromatic nitrogens is 1. The van der Waals surface area contributed by atoms with E-state index in [4.69, 9.17) is 5.73 Å². The number of benzene rings is 1. The number of aryl methyl sites for hydroxylation is 1. The molecule has 2 rings (SSSR count). The van der Waals surface area contributed by atoms with Crippen molar-refractivity contribution in [3.05, 3.63) is 59.2 Å². The van der Waals surface area contributed by atoms with Crippen LogP contribution in [0.5, 0.6) is 0 Å². The Labute approximate surface area is 122 Å². The highest BCUT2D eigenvalue weighted by molar-refractivity contribution is 6.06. The third kappa shape index (κ3) is 3.65. The van der Waals surface area contributed by atoms with Gasteiger partial charge in [-0.1, -0.05) is 11.8 Å². The Morgan fingerprint density at radius 1 is 1.43 bits per heavy atom. The van der Waals surface area contributed by atoms with Gasteiger partial charge in [-0.3, -0.25) is 9.78 Å². The summed E-state index contributed by atoms with van der Waals surface area (Å²) < 4.78 is 13.1. The molecule has 1 heterocycles. The lowest BCUT2D eigenvalue weighted by atomic mass is 10.1. The summed E-state index contributed by atoms with van der Waals surface area (Å²) >= 11 is 0. The predicted octanol–water partition coefficient (Wildman–Crippen LogP) is 2.09. The Balaban J connectivity index is 2.28. The van der Waals surface area contributed by atoms with Crippen LogP contribution in [-0.2, 0) is 0 Å². The van der Waals surface area contributed by atoms with Crippen molar-refractivity contribution < 1.29 is 9.18 Å². The number of nitrogens with two attached hydrogens (primary N) is 1. The van der Waals surface area contributed by atoms with Gasteiger partial charge in [-0.25, -0.2) is 4.39 Å². The van der Waals surface area contributed by atoms with E-state index in [1.807, 2.05) is 0 Å². The zero-order valence-electron chi connectivity index (χ0n) is 11.5. The van der Waals surface area contributed by atoms with Gasteiger partial charge in [0.05, 0.1) is 17.7 Å². The van der Waals surface area contributed by atoms with E-state index in [-0.39, 0.29) is 18.3 Å². The fourth-order valence-corrected chi connectivity index (χ4v) is 1.80. The molecular formula is C16H14FN3O. The SMILES string of the molecule is Cc1cc(F)ccc1NC(=O)c1ccncc1C#CCN. The molecule has 0 bridgehead atoms. The van der Waals surface area contributed by atoms with Crippen molar-refractivity contribution >= 4 is 11.6 Å². The number of anilines is 1. The van der Waals surface area contributed by atoms with Gasteiger partial charge in [-0.2, -0.15) is 0 Å². The highest BCUT2D eigenvalue weighted by atomic mass is 19.1. The summed E-state index contributed by atoms with van der Waals surface area (Å²) in [5.41, 5.74) is 7.43. The van der Waals surface area contributed by atoms with E-state index in [2.05, 4.69) is 22.1 Å². The van der Waals surface area contributed by atoms with Crippen molar-refractivity contribution in [3.8, 4) is 11.8 Å². The van der Waals surface area contributed by atoms with Crippen LogP contribution in [0.4, 0.5) is 10.1 Å². The molecule has 21 heavy (non-hydrogen) atoms. The summed E-state index contributed by atoms with van der Waals surface area (Å²) in [5, 5.41) is 2.74. The lowest BCUT2D eigenvalue weighted by Gasteiger charge is -2.09. The van der Waals surface area contributed by atoms with E-state index in [0.717, 1.165) is 0 Å². The van der Waals surface area contributed by atoms with E-state index in [9.17, 15) is 9.18 Å². The van der Waals surface area contributed by atoms with Gasteiger partial charge in [0.2, 0.25) is 0 Å². The Kier molecular flexibility index (Phi) is 4.64. The minimum atomic E-state index is -0.344. The largest absolute Gasteiger partial charge is 0.322 e. The van der Waals surface area contributed by atoms with Crippen molar-refractivity contribution in [1.29, 1.82) is 0 Å². The zero-order chi connectivity index (χ0) is 15.2. The van der Waals surface area contributed by atoms with Crippen LogP contribution in [0.1, 0.15) is 21.5 Å². The number of hydrogen-bond donors (Lipinski definition) is 2. The number of carbonyl (C=O) groups excluding carboxylic acids is 1. The highest BCUT2D eigenvalue weighted by Gasteiger charge is 2.11.